The summed E-state index contributed by atoms with van der Waals surface area (Å²) in [6.07, 6.45) is -13.1. The maximum atomic E-state index is 14.0. The molecule has 2 aromatic carbocycles. The molecule has 0 aliphatic carbocycles. The van der Waals surface area contributed by atoms with Crippen molar-refractivity contribution in [2.75, 3.05) is 18.6 Å². The summed E-state index contributed by atoms with van der Waals surface area (Å²) >= 11 is 0. The van der Waals surface area contributed by atoms with Crippen LogP contribution in [-0.2, 0) is 42.0 Å². The molecule has 0 aliphatic heterocycles. The van der Waals surface area contributed by atoms with Crippen molar-refractivity contribution in [2.45, 2.75) is 63.9 Å². The van der Waals surface area contributed by atoms with Gasteiger partial charge in [-0.2, -0.15) is 39.5 Å². The second kappa shape index (κ2) is 15.2. The van der Waals surface area contributed by atoms with Gasteiger partial charge in [-0.25, -0.2) is 15.0 Å². The topological polar surface area (TPSA) is 118 Å². The summed E-state index contributed by atoms with van der Waals surface area (Å²) in [6, 6.07) is 6.34. The number of nitrogens with zero attached hydrogens (tertiary/aromatic N) is 4. The van der Waals surface area contributed by atoms with Gasteiger partial charge in [-0.05, 0) is 73.9 Å². The Morgan fingerprint density at radius 1 is 0.808 bits per heavy atom. The number of pyridine rings is 1. The van der Waals surface area contributed by atoms with E-state index in [0.29, 0.717) is 12.1 Å². The zero-order chi connectivity index (χ0) is 38.6. The van der Waals surface area contributed by atoms with Crippen molar-refractivity contribution < 1.29 is 64.0 Å². The van der Waals surface area contributed by atoms with Crippen molar-refractivity contribution in [3.8, 4) is 22.8 Å². The van der Waals surface area contributed by atoms with E-state index in [0.717, 1.165) is 35.5 Å². The van der Waals surface area contributed by atoms with Gasteiger partial charge < -0.3 is 24.6 Å². The highest BCUT2D eigenvalue weighted by Crippen LogP contribution is 2.40. The Balaban J connectivity index is 1.89. The van der Waals surface area contributed by atoms with Gasteiger partial charge >= 0.3 is 24.5 Å². The Bertz CT molecular complexity index is 1840. The third-order valence-electron chi connectivity index (χ3n) is 7.48. The van der Waals surface area contributed by atoms with Crippen molar-refractivity contribution in [1.29, 1.82) is 0 Å². The molecule has 0 radical (unpaired) electrons. The summed E-state index contributed by atoms with van der Waals surface area (Å²) < 4.78 is 135. The molecule has 9 nitrogen and oxygen atoms in total. The number of methoxy groups -OCH3 is 1. The number of aliphatic carboxylic acids is 1. The molecule has 2 heterocycles. The first-order valence-electron chi connectivity index (χ1n) is 15.2. The zero-order valence-corrected chi connectivity index (χ0v) is 27.6. The molecule has 0 saturated carbocycles. The van der Waals surface area contributed by atoms with Gasteiger partial charge in [0.25, 0.3) is 0 Å². The molecule has 0 atom stereocenters. The molecule has 0 unspecified atom stereocenters. The summed E-state index contributed by atoms with van der Waals surface area (Å²) in [6.45, 7) is 1.41. The lowest BCUT2D eigenvalue weighted by Gasteiger charge is -2.26. The van der Waals surface area contributed by atoms with Gasteiger partial charge in [-0.15, -0.1) is 0 Å². The van der Waals surface area contributed by atoms with Crippen LogP contribution in [-0.4, -0.2) is 44.9 Å². The summed E-state index contributed by atoms with van der Waals surface area (Å²) in [5, 5.41) is 19.4. The van der Waals surface area contributed by atoms with Crippen molar-refractivity contribution in [2.24, 2.45) is 0 Å². The van der Waals surface area contributed by atoms with Crippen molar-refractivity contribution in [3.63, 3.8) is 0 Å². The van der Waals surface area contributed by atoms with Crippen LogP contribution in [0.15, 0.2) is 60.9 Å². The van der Waals surface area contributed by atoms with Crippen LogP contribution < -0.4 is 14.4 Å². The van der Waals surface area contributed by atoms with Crippen LogP contribution in [0, 0.1) is 0 Å². The first-order chi connectivity index (χ1) is 24.1. The number of hydrogen-bond acceptors (Lipinski definition) is 8. The molecular weight excluding hydrogens is 715 g/mol. The number of aliphatic hydroxyl groups is 1. The molecule has 4 aromatic rings. The minimum atomic E-state index is -5.18. The zero-order valence-electron chi connectivity index (χ0n) is 27.6. The molecule has 0 fully saturated rings. The van der Waals surface area contributed by atoms with E-state index in [1.807, 2.05) is 0 Å². The Labute approximate surface area is 290 Å². The van der Waals surface area contributed by atoms with Crippen LogP contribution in [0.5, 0.6) is 11.5 Å². The molecule has 280 valence electrons. The van der Waals surface area contributed by atoms with E-state index in [1.54, 1.807) is 0 Å². The van der Waals surface area contributed by atoms with Gasteiger partial charge in [-0.3, -0.25) is 4.79 Å². The second-order valence-electron chi connectivity index (χ2n) is 12.0. The van der Waals surface area contributed by atoms with E-state index in [4.69, 9.17) is 14.6 Å². The monoisotopic (exact) mass is 746 g/mol. The number of carboxylic acids is 1. The maximum absolute atomic E-state index is 14.0. The van der Waals surface area contributed by atoms with Crippen LogP contribution in [0.4, 0.5) is 45.5 Å². The van der Waals surface area contributed by atoms with Gasteiger partial charge in [0.1, 0.15) is 17.0 Å². The number of alkyl halides is 9. The van der Waals surface area contributed by atoms with E-state index in [-0.39, 0.29) is 65.5 Å². The van der Waals surface area contributed by atoms with Gasteiger partial charge in [0, 0.05) is 25.1 Å². The summed E-state index contributed by atoms with van der Waals surface area (Å²) in [5.41, 5.74) is -6.42. The minimum Gasteiger partial charge on any atom is -0.494 e. The van der Waals surface area contributed by atoms with Crippen molar-refractivity contribution in [1.82, 2.24) is 15.0 Å². The molecule has 2 N–H and O–H groups in total. The third kappa shape index (κ3) is 10.2. The van der Waals surface area contributed by atoms with Crippen LogP contribution in [0.25, 0.3) is 11.3 Å². The number of hydrogen-bond donors (Lipinski definition) is 2. The fourth-order valence-corrected chi connectivity index (χ4v) is 4.97. The van der Waals surface area contributed by atoms with Gasteiger partial charge in [0.15, 0.2) is 5.75 Å². The Hall–Kier alpha value is -5.13. The molecule has 0 aliphatic rings. The summed E-state index contributed by atoms with van der Waals surface area (Å²) in [7, 11) is 1.27. The SMILES string of the molecule is COc1ccc(C(C)(C)O)nc1-c1ccc(C(F)(F)F)cc1CN(Cc1cc(C(F)(F)F)cc(C(F)(F)F)c1)c1ncc(OCCCC(=O)O)cn1. The van der Waals surface area contributed by atoms with E-state index in [1.165, 1.54) is 33.1 Å². The van der Waals surface area contributed by atoms with Gasteiger partial charge in [-0.1, -0.05) is 6.07 Å². The van der Waals surface area contributed by atoms with Crippen LogP contribution >= 0.6 is 0 Å². The number of anilines is 1. The highest BCUT2D eigenvalue weighted by atomic mass is 19.4. The van der Waals surface area contributed by atoms with Crippen LogP contribution in [0.1, 0.15) is 60.2 Å². The molecule has 0 amide bonds. The number of aromatic nitrogens is 3. The molecule has 0 bridgehead atoms. The number of carboxylic acid groups (broad SMARTS) is 1. The Morgan fingerprint density at radius 3 is 1.92 bits per heavy atom. The fourth-order valence-electron chi connectivity index (χ4n) is 4.97. The van der Waals surface area contributed by atoms with Crippen LogP contribution in [0.3, 0.4) is 0 Å². The van der Waals surface area contributed by atoms with E-state index in [2.05, 4.69) is 15.0 Å². The molecule has 4 rings (SSSR count). The highest BCUT2D eigenvalue weighted by molar-refractivity contribution is 5.71. The molecule has 0 saturated heterocycles. The Kier molecular flexibility index (Phi) is 11.6. The van der Waals surface area contributed by atoms with E-state index < -0.39 is 65.4 Å². The molecular formula is C34H31F9N4O5. The van der Waals surface area contributed by atoms with Crippen molar-refractivity contribution in [3.05, 3.63) is 94.4 Å². The third-order valence-corrected chi connectivity index (χ3v) is 7.48. The molecule has 52 heavy (non-hydrogen) atoms. The number of rotatable bonds is 13. The second-order valence-corrected chi connectivity index (χ2v) is 12.0. The summed E-state index contributed by atoms with van der Waals surface area (Å²) in [5.74, 6) is -1.28. The van der Waals surface area contributed by atoms with E-state index in [9.17, 15) is 49.4 Å². The molecule has 18 heteroatoms. The average Bonchev–Trinajstić information content (AvgIpc) is 3.04. The van der Waals surface area contributed by atoms with Gasteiger partial charge in [0.05, 0.1) is 48.5 Å². The minimum absolute atomic E-state index is 0.0183. The van der Waals surface area contributed by atoms with Crippen LogP contribution in [0.2, 0.25) is 0 Å². The maximum Gasteiger partial charge on any atom is 0.416 e. The normalized spacial score (nSPS) is 12.5. The lowest BCUT2D eigenvalue weighted by Crippen LogP contribution is -2.26. The highest BCUT2D eigenvalue weighted by Gasteiger charge is 2.37. The average molecular weight is 747 g/mol. The largest absolute Gasteiger partial charge is 0.494 e. The number of ether oxygens (including phenoxy) is 2. The lowest BCUT2D eigenvalue weighted by atomic mass is 9.97. The molecule has 2 aromatic heterocycles. The number of benzene rings is 2. The van der Waals surface area contributed by atoms with E-state index >= 15 is 0 Å². The lowest BCUT2D eigenvalue weighted by molar-refractivity contribution is -0.143. The fraction of sp³-hybridized carbons (Fsp3) is 0.353. The van der Waals surface area contributed by atoms with Crippen molar-refractivity contribution >= 4 is 11.9 Å². The first kappa shape index (κ1) is 39.7. The standard InChI is InChI=1S/C34H31F9N4O5/c1-31(2,50)27-9-8-26(51-3)29(46-27)25-7-6-21(32(35,36)37)13-20(25)18-47(30-44-15-24(16-45-30)52-10-4-5-28(48)49)17-19-11-22(33(38,39)40)14-23(12-19)34(41,42)43/h6-9,11-16,50H,4-5,10,17-18H2,1-3H3,(H,48,49). The molecule has 0 spiro atoms. The predicted octanol–water partition coefficient (Wildman–Crippen LogP) is 8.28. The quantitative estimate of drug-likeness (QED) is 0.103. The number of carbonyl (C=O) groups is 1. The van der Waals surface area contributed by atoms with Gasteiger partial charge in [0.2, 0.25) is 5.95 Å². The number of halogens is 9. The Morgan fingerprint density at radius 2 is 1.40 bits per heavy atom. The first-order valence-corrected chi connectivity index (χ1v) is 15.2. The smallest absolute Gasteiger partial charge is 0.416 e. The summed E-state index contributed by atoms with van der Waals surface area (Å²) in [4.78, 5) is 24.5. The predicted molar refractivity (Wildman–Crippen MR) is 167 cm³/mol.